The van der Waals surface area contributed by atoms with E-state index in [0.717, 1.165) is 21.9 Å². The molecule has 0 spiro atoms. The van der Waals surface area contributed by atoms with Crippen LogP contribution in [-0.2, 0) is 26.5 Å². The molecule has 0 amide bonds. The number of fused-ring (bicyclic) bond motifs is 4. The molecule has 88 heavy (non-hydrogen) atoms. The minimum atomic E-state index is -1.07. The molecule has 0 N–H and O–H groups in total. The molecular formula is C82H58N4OPt-2. The average molecular weight is 1340 g/mol. The Morgan fingerprint density at radius 3 is 1.49 bits per heavy atom. The van der Waals surface area contributed by atoms with E-state index < -0.39 is 260 Å². The van der Waals surface area contributed by atoms with Crippen molar-refractivity contribution < 1.29 is 72.9 Å². The third-order valence-corrected chi connectivity index (χ3v) is 14.4. The van der Waals surface area contributed by atoms with Gasteiger partial charge in [-0.1, -0.05) is 226 Å². The molecule has 0 atom stereocenters. The fourth-order valence-corrected chi connectivity index (χ4v) is 10.3. The molecule has 15 rings (SSSR count). The Bertz CT molecular complexity index is 6430. The topological polar surface area (TPSA) is 35.9 Å². The largest absolute Gasteiger partial charge is 0.510 e. The molecule has 0 fully saturated rings. The normalized spacial score (nSPS) is 16.4. The molecule has 0 aliphatic heterocycles. The SMILES string of the molecule is [2H]c1c([2H])c([2H])c(-c2ccc3c(c2)n(-c2[c-]c(Oc4[c-]c5c(cc4)c4ccccc4n5-c4cc(C(C)(C)C)ccn4)ccc2)[c-][n+]3-c2c(-c3c([2H])c(-c4c([2H])c([2H])c([2H])c([2H])c4[2H])c([2H])c(-c4c([2H])c([2H])c([2H])c([2H])c4[2H])c3[2H])cccc2-c2c([2H])c(-c3c([2H])c([2H])c([2H])c([2H])c3[2H])c([2H])c(-c3c([2H])c([2H])c([2H])c([2H])c3[2H])c2[2H])c([2H])c1[2H].[Pt]. The van der Waals surface area contributed by atoms with Crippen molar-refractivity contribution in [2.75, 3.05) is 0 Å². The van der Waals surface area contributed by atoms with Gasteiger partial charge >= 0.3 is 0 Å². The van der Waals surface area contributed by atoms with E-state index in [2.05, 4.69) is 39.2 Å². The van der Waals surface area contributed by atoms with Crippen molar-refractivity contribution in [3.63, 3.8) is 0 Å². The van der Waals surface area contributed by atoms with Crippen molar-refractivity contribution in [3.05, 3.63) is 321 Å². The Kier molecular flexibility index (Phi) is 8.19. The maximum atomic E-state index is 10.5. The summed E-state index contributed by atoms with van der Waals surface area (Å²) in [5.41, 5.74) is -8.40. The van der Waals surface area contributed by atoms with E-state index in [-0.39, 0.29) is 65.8 Å². The fraction of sp³-hybridized carbons (Fsp3) is 0.0488. The number of para-hydroxylation sites is 2. The first-order valence-electron chi connectivity index (χ1n) is 42.6. The Balaban J connectivity index is 0.0000116. The van der Waals surface area contributed by atoms with Crippen LogP contribution in [0.15, 0.2) is 297 Å². The molecule has 0 aliphatic carbocycles. The third kappa shape index (κ3) is 10.7. The standard InChI is InChI=1S/C82H58N4O.Pt/c1-82(2,3)68-43-44-83-80(52-68)86-76-38-20-19-35-74(76)75-41-40-71(54-78(75)86)87-70-34-21-33-69(53-70)84-55-85(77-42-39-61(51-79(77)84)56-23-9-4-10-24-56)81-72(66-47-62(57-25-11-5-12-26-57)45-63(48-66)58-27-13-6-14-28-58)36-22-37-73(81)67-49-64(59-29-15-7-16-30-59)46-65(50-67)60-31-17-8-18-32-60;/h4-52H,1-3H3;/q-2;/i4D,5D,6D,7D,8D,9D,10D,11D,12D,13D,14D,15D,16D,17D,18D,23D,24D,25D,26D,27D,28D,29D,30D,31D,32D,45D,46D,47D,48D,49D,50D;. The zero-order valence-corrected chi connectivity index (χ0v) is 48.7. The van der Waals surface area contributed by atoms with Gasteiger partial charge in [-0.05, 0) is 160 Å². The molecule has 3 aromatic heterocycles. The predicted octanol–water partition coefficient (Wildman–Crippen LogP) is 20.6. The van der Waals surface area contributed by atoms with Gasteiger partial charge < -0.3 is 13.9 Å². The summed E-state index contributed by atoms with van der Waals surface area (Å²) in [5, 5.41) is 1.66. The second kappa shape index (κ2) is 23.4. The maximum Gasteiger partial charge on any atom is 0.268 e. The van der Waals surface area contributed by atoms with Crippen molar-refractivity contribution in [2.24, 2.45) is 0 Å². The van der Waals surface area contributed by atoms with E-state index in [0.29, 0.717) is 11.3 Å². The number of rotatable bonds is 12. The maximum absolute atomic E-state index is 10.5. The van der Waals surface area contributed by atoms with Gasteiger partial charge in [-0.25, -0.2) is 4.98 Å². The van der Waals surface area contributed by atoms with Gasteiger partial charge in [-0.2, -0.15) is 18.2 Å². The minimum absolute atomic E-state index is 0. The molecule has 424 valence electrons. The molecule has 0 bridgehead atoms. The summed E-state index contributed by atoms with van der Waals surface area (Å²) < 4.78 is 298. The summed E-state index contributed by atoms with van der Waals surface area (Å²) >= 11 is 0. The number of imidazole rings is 1. The molecule has 15 aromatic rings. The van der Waals surface area contributed by atoms with Crippen molar-refractivity contribution in [3.8, 4) is 107 Å². The molecule has 3 heterocycles. The molecule has 5 nitrogen and oxygen atoms in total. The van der Waals surface area contributed by atoms with Crippen molar-refractivity contribution in [1.82, 2.24) is 14.1 Å². The second-order valence-electron chi connectivity index (χ2n) is 20.8. The van der Waals surface area contributed by atoms with E-state index >= 15 is 0 Å². The molecule has 0 radical (unpaired) electrons. The van der Waals surface area contributed by atoms with E-state index in [1.54, 1.807) is 24.4 Å². The van der Waals surface area contributed by atoms with Crippen molar-refractivity contribution in [2.45, 2.75) is 26.2 Å². The fourth-order valence-electron chi connectivity index (χ4n) is 10.3. The summed E-state index contributed by atoms with van der Waals surface area (Å²) in [7, 11) is 0. The van der Waals surface area contributed by atoms with Gasteiger partial charge in [0.05, 0.1) is 59.2 Å². The molecule has 0 saturated carbocycles. The quantitative estimate of drug-likeness (QED) is 0.0903. The number of aromatic nitrogens is 4. The number of hydrogen-bond acceptors (Lipinski definition) is 2. The molecular weight excluding hydrogens is 1250 g/mol. The Labute approximate surface area is 571 Å². The van der Waals surface area contributed by atoms with Crippen LogP contribution in [0.5, 0.6) is 11.5 Å². The van der Waals surface area contributed by atoms with Crippen LogP contribution >= 0.6 is 0 Å². The molecule has 0 unspecified atom stereocenters. The number of benzene rings is 12. The molecule has 6 heteroatoms. The van der Waals surface area contributed by atoms with Crippen LogP contribution in [0.1, 0.15) is 68.8 Å². The third-order valence-electron chi connectivity index (χ3n) is 14.4. The molecule has 12 aromatic carbocycles. The molecule has 0 aliphatic rings. The summed E-state index contributed by atoms with van der Waals surface area (Å²) in [6.45, 7) is 6.24. The smallest absolute Gasteiger partial charge is 0.268 e. The van der Waals surface area contributed by atoms with Crippen LogP contribution in [0.2, 0.25) is 0 Å². The van der Waals surface area contributed by atoms with Gasteiger partial charge in [0.15, 0.2) is 0 Å². The van der Waals surface area contributed by atoms with Gasteiger partial charge in [0, 0.05) is 44.3 Å². The van der Waals surface area contributed by atoms with Gasteiger partial charge in [-0.15, -0.1) is 29.7 Å². The first-order chi connectivity index (χ1) is 55.7. The van der Waals surface area contributed by atoms with E-state index in [9.17, 15) is 21.9 Å². The summed E-state index contributed by atoms with van der Waals surface area (Å²) in [4.78, 5) is 4.80. The first kappa shape index (κ1) is 30.8. The zero-order chi connectivity index (χ0) is 85.4. The van der Waals surface area contributed by atoms with Gasteiger partial charge in [0.25, 0.3) is 6.33 Å². The number of ether oxygens (including phenoxy) is 1. The summed E-state index contributed by atoms with van der Waals surface area (Å²) in [6, 6.07) is 4.81. The van der Waals surface area contributed by atoms with Gasteiger partial charge in [0.1, 0.15) is 5.82 Å². The van der Waals surface area contributed by atoms with Crippen LogP contribution in [0.3, 0.4) is 0 Å². The minimum Gasteiger partial charge on any atom is -0.510 e. The predicted molar refractivity (Wildman–Crippen MR) is 357 cm³/mol. The second-order valence-corrected chi connectivity index (χ2v) is 20.8. The Morgan fingerprint density at radius 1 is 0.443 bits per heavy atom. The zero-order valence-electron chi connectivity index (χ0n) is 77.4. The first-order valence-corrected chi connectivity index (χ1v) is 27.1. The van der Waals surface area contributed by atoms with Crippen LogP contribution < -0.4 is 9.30 Å². The Hall–Kier alpha value is -10.5. The molecule has 0 saturated heterocycles. The van der Waals surface area contributed by atoms with Gasteiger partial charge in [-0.3, -0.25) is 4.57 Å². The van der Waals surface area contributed by atoms with Crippen LogP contribution in [0, 0.1) is 18.5 Å². The number of nitrogens with zero attached hydrogens (tertiary/aromatic N) is 4. The van der Waals surface area contributed by atoms with Crippen LogP contribution in [-0.4, -0.2) is 14.1 Å². The van der Waals surface area contributed by atoms with Crippen LogP contribution in [0.25, 0.3) is 128 Å². The monoisotopic (exact) mass is 1340 g/mol. The summed E-state index contributed by atoms with van der Waals surface area (Å²) in [5.74, 6) is 0.761. The number of hydrogen-bond donors (Lipinski definition) is 0. The van der Waals surface area contributed by atoms with E-state index in [4.69, 9.17) is 30.3 Å². The number of pyridine rings is 1. The van der Waals surface area contributed by atoms with Crippen molar-refractivity contribution >= 4 is 32.8 Å². The van der Waals surface area contributed by atoms with Gasteiger partial charge in [0.2, 0.25) is 0 Å². The Morgan fingerprint density at radius 2 is 0.943 bits per heavy atom. The average Bonchev–Trinajstić information content (AvgIpc) is 1.50. The van der Waals surface area contributed by atoms with E-state index in [1.165, 1.54) is 51.6 Å². The van der Waals surface area contributed by atoms with E-state index in [1.807, 2.05) is 47.0 Å². The van der Waals surface area contributed by atoms with Crippen LogP contribution in [0.4, 0.5) is 0 Å². The van der Waals surface area contributed by atoms with Crippen molar-refractivity contribution in [1.29, 1.82) is 0 Å². The summed E-state index contributed by atoms with van der Waals surface area (Å²) in [6.07, 6.45) is 5.01.